The third-order valence-electron chi connectivity index (χ3n) is 8.03. The van der Waals surface area contributed by atoms with Crippen molar-refractivity contribution in [1.82, 2.24) is 20.1 Å². The third kappa shape index (κ3) is 5.25. The Kier molecular flexibility index (Phi) is 7.46. The Bertz CT molecular complexity index is 1890. The van der Waals surface area contributed by atoms with Gasteiger partial charge in [0.15, 0.2) is 5.82 Å². The molecule has 1 saturated carbocycles. The molecule has 0 radical (unpaired) electrons. The van der Waals surface area contributed by atoms with Gasteiger partial charge in [-0.05, 0) is 50.1 Å². The number of benzene rings is 2. The standard InChI is InChI=1S/C29H22Cl3F4N5O4/c1-27(26(37)43)11-45-24-16(27)8-20(39-23(24)12-5-17(30)21(33)18(31)6-12)28(44,29(34,35)36)10-38-25(42)13-4-14-9-41(15-2-3-15)40-22(14)19(32)7-13/h4-9,15,44H,2-3,10-11H2,1H3,(H2,37,43)(H,38,42)/t27-,28?/m0/s1. The van der Waals surface area contributed by atoms with Gasteiger partial charge in [-0.2, -0.15) is 18.3 Å². The van der Waals surface area contributed by atoms with Crippen molar-refractivity contribution in [2.24, 2.45) is 5.73 Å². The number of nitrogens with one attached hydrogen (secondary N) is 1. The van der Waals surface area contributed by atoms with Crippen molar-refractivity contribution < 1.29 is 37.0 Å². The molecule has 1 fully saturated rings. The molecular formula is C29H22Cl3F4N5O4. The maximum atomic E-state index is 14.7. The first-order valence-electron chi connectivity index (χ1n) is 13.4. The SMILES string of the molecule is C[C@]1(C(N)=O)COc2c1cc(C(O)(CNC(=O)c1cc(Cl)c3nn(C4CC4)cc3c1)C(F)(F)F)nc2-c1cc(Cl)c(F)c(Cl)c1. The fourth-order valence-electron chi connectivity index (χ4n) is 5.10. The van der Waals surface area contributed by atoms with Crippen LogP contribution in [0.3, 0.4) is 0 Å². The number of ether oxygens (including phenoxy) is 1. The van der Waals surface area contributed by atoms with E-state index in [1.54, 1.807) is 10.9 Å². The van der Waals surface area contributed by atoms with Gasteiger partial charge in [-0.15, -0.1) is 0 Å². The van der Waals surface area contributed by atoms with E-state index in [-0.39, 0.29) is 45.8 Å². The minimum atomic E-state index is -5.41. The van der Waals surface area contributed by atoms with Crippen LogP contribution in [0.15, 0.2) is 36.5 Å². The molecule has 0 spiro atoms. The summed E-state index contributed by atoms with van der Waals surface area (Å²) in [5, 5.41) is 17.5. The van der Waals surface area contributed by atoms with Crippen LogP contribution in [-0.4, -0.2) is 51.0 Å². The molecule has 3 heterocycles. The predicted octanol–water partition coefficient (Wildman–Crippen LogP) is 5.85. The van der Waals surface area contributed by atoms with Crippen molar-refractivity contribution in [2.75, 3.05) is 13.2 Å². The van der Waals surface area contributed by atoms with Crippen molar-refractivity contribution in [2.45, 2.75) is 43.0 Å². The molecule has 9 nitrogen and oxygen atoms in total. The zero-order chi connectivity index (χ0) is 32.6. The molecule has 16 heteroatoms. The van der Waals surface area contributed by atoms with Crippen LogP contribution in [0.5, 0.6) is 5.75 Å². The van der Waals surface area contributed by atoms with Crippen LogP contribution in [-0.2, 0) is 15.8 Å². The summed E-state index contributed by atoms with van der Waals surface area (Å²) in [7, 11) is 0. The van der Waals surface area contributed by atoms with E-state index in [0.717, 1.165) is 31.0 Å². The quantitative estimate of drug-likeness (QED) is 0.165. The molecule has 1 aliphatic carbocycles. The van der Waals surface area contributed by atoms with Crippen LogP contribution < -0.4 is 15.8 Å². The fraction of sp³-hybridized carbons (Fsp3) is 0.310. The maximum absolute atomic E-state index is 14.7. The minimum Gasteiger partial charge on any atom is -0.489 e. The Balaban J connectivity index is 1.42. The zero-order valence-electron chi connectivity index (χ0n) is 23.1. The average Bonchev–Trinajstić information content (AvgIpc) is 3.64. The van der Waals surface area contributed by atoms with Crippen LogP contribution >= 0.6 is 34.8 Å². The van der Waals surface area contributed by atoms with Crippen LogP contribution in [0.25, 0.3) is 22.2 Å². The molecule has 0 saturated heterocycles. The summed E-state index contributed by atoms with van der Waals surface area (Å²) < 4.78 is 65.8. The summed E-state index contributed by atoms with van der Waals surface area (Å²) in [4.78, 5) is 29.6. The molecule has 2 aromatic heterocycles. The number of rotatable bonds is 7. The number of nitrogens with zero attached hydrogens (tertiary/aromatic N) is 3. The van der Waals surface area contributed by atoms with Gasteiger partial charge in [-0.25, -0.2) is 9.37 Å². The Hall–Kier alpha value is -3.65. The number of alkyl halides is 3. The maximum Gasteiger partial charge on any atom is 0.424 e. The molecule has 6 rings (SSSR count). The number of pyridine rings is 1. The number of carbonyl (C=O) groups is 2. The van der Waals surface area contributed by atoms with Crippen LogP contribution in [0, 0.1) is 5.82 Å². The zero-order valence-corrected chi connectivity index (χ0v) is 25.4. The minimum absolute atomic E-state index is 0.0681. The molecule has 4 aromatic rings. The Labute approximate surface area is 267 Å². The summed E-state index contributed by atoms with van der Waals surface area (Å²) in [6.45, 7) is -0.407. The summed E-state index contributed by atoms with van der Waals surface area (Å²) >= 11 is 18.2. The van der Waals surface area contributed by atoms with E-state index >= 15 is 0 Å². The van der Waals surface area contributed by atoms with E-state index in [4.69, 9.17) is 45.3 Å². The molecule has 0 bridgehead atoms. The highest BCUT2D eigenvalue weighted by Gasteiger charge is 2.57. The predicted molar refractivity (Wildman–Crippen MR) is 157 cm³/mol. The van der Waals surface area contributed by atoms with Crippen molar-refractivity contribution in [3.05, 3.63) is 74.2 Å². The Morgan fingerprint density at radius 1 is 1.13 bits per heavy atom. The lowest BCUT2D eigenvalue weighted by Crippen LogP contribution is -2.51. The molecule has 2 amide bonds. The number of fused-ring (bicyclic) bond motifs is 2. The molecule has 2 aliphatic rings. The molecule has 1 unspecified atom stereocenters. The van der Waals surface area contributed by atoms with Crippen LogP contribution in [0.1, 0.15) is 47.4 Å². The summed E-state index contributed by atoms with van der Waals surface area (Å²) in [6, 6.07) is 5.87. The monoisotopic (exact) mass is 685 g/mol. The molecular weight excluding hydrogens is 665 g/mol. The van der Waals surface area contributed by atoms with Crippen molar-refractivity contribution in [3.63, 3.8) is 0 Å². The van der Waals surface area contributed by atoms with Gasteiger partial charge < -0.3 is 20.9 Å². The second kappa shape index (κ2) is 10.7. The average molecular weight is 687 g/mol. The van der Waals surface area contributed by atoms with Crippen molar-refractivity contribution >= 4 is 57.5 Å². The normalized spacial score (nSPS) is 19.2. The van der Waals surface area contributed by atoms with Gasteiger partial charge in [0, 0.05) is 28.3 Å². The molecule has 236 valence electrons. The summed E-state index contributed by atoms with van der Waals surface area (Å²) in [5.74, 6) is -3.02. The molecule has 1 aliphatic heterocycles. The van der Waals surface area contributed by atoms with E-state index in [1.807, 2.05) is 0 Å². The van der Waals surface area contributed by atoms with Gasteiger partial charge in [-0.3, -0.25) is 14.3 Å². The van der Waals surface area contributed by atoms with Gasteiger partial charge in [0.1, 0.15) is 29.0 Å². The van der Waals surface area contributed by atoms with E-state index in [1.165, 1.54) is 19.1 Å². The lowest BCUT2D eigenvalue weighted by molar-refractivity contribution is -0.265. The first-order valence-corrected chi connectivity index (χ1v) is 14.6. The number of aliphatic hydroxyl groups is 1. The van der Waals surface area contributed by atoms with Crippen LogP contribution in [0.2, 0.25) is 15.1 Å². The largest absolute Gasteiger partial charge is 0.489 e. The molecule has 2 atom stereocenters. The first kappa shape index (κ1) is 31.3. The number of primary amides is 1. The lowest BCUT2D eigenvalue weighted by Gasteiger charge is -2.31. The highest BCUT2D eigenvalue weighted by molar-refractivity contribution is 6.36. The van der Waals surface area contributed by atoms with E-state index < -0.39 is 57.1 Å². The van der Waals surface area contributed by atoms with Crippen molar-refractivity contribution in [3.8, 4) is 17.0 Å². The highest BCUT2D eigenvalue weighted by atomic mass is 35.5. The molecule has 2 aromatic carbocycles. The van der Waals surface area contributed by atoms with Gasteiger partial charge in [0.2, 0.25) is 11.5 Å². The number of hydrogen-bond acceptors (Lipinski definition) is 6. The van der Waals surface area contributed by atoms with Gasteiger partial charge in [0.05, 0.1) is 33.3 Å². The Morgan fingerprint density at radius 2 is 1.80 bits per heavy atom. The summed E-state index contributed by atoms with van der Waals surface area (Å²) in [6.07, 6.45) is -1.82. The number of hydrogen-bond donors (Lipinski definition) is 3. The number of nitrogens with two attached hydrogens (primary N) is 1. The van der Waals surface area contributed by atoms with E-state index in [9.17, 15) is 32.3 Å². The molecule has 4 N–H and O–H groups in total. The number of amides is 2. The lowest BCUT2D eigenvalue weighted by atomic mass is 9.81. The van der Waals surface area contributed by atoms with Crippen LogP contribution in [0.4, 0.5) is 17.6 Å². The second-order valence-electron chi connectivity index (χ2n) is 11.2. The van der Waals surface area contributed by atoms with Crippen molar-refractivity contribution in [1.29, 1.82) is 0 Å². The molecule has 45 heavy (non-hydrogen) atoms. The van der Waals surface area contributed by atoms with E-state index in [0.29, 0.717) is 10.9 Å². The third-order valence-corrected chi connectivity index (χ3v) is 8.87. The van der Waals surface area contributed by atoms with Gasteiger partial charge in [0.25, 0.3) is 5.91 Å². The van der Waals surface area contributed by atoms with Gasteiger partial charge in [-0.1, -0.05) is 34.8 Å². The first-order chi connectivity index (χ1) is 21.0. The number of carbonyl (C=O) groups excluding carboxylic acids is 2. The van der Waals surface area contributed by atoms with Gasteiger partial charge >= 0.3 is 6.18 Å². The number of aromatic nitrogens is 3. The van der Waals surface area contributed by atoms with E-state index in [2.05, 4.69) is 15.4 Å². The topological polar surface area (TPSA) is 132 Å². The summed E-state index contributed by atoms with van der Waals surface area (Å²) in [5.41, 5.74) is -0.992. The Morgan fingerprint density at radius 3 is 2.40 bits per heavy atom. The smallest absolute Gasteiger partial charge is 0.424 e. The second-order valence-corrected chi connectivity index (χ2v) is 12.5. The number of halogens is 7. The fourth-order valence-corrected chi connectivity index (χ4v) is 5.85. The highest BCUT2D eigenvalue weighted by Crippen LogP contribution is 2.48.